The molecule has 0 aromatic heterocycles. The topological polar surface area (TPSA) is 102 Å². The summed E-state index contributed by atoms with van der Waals surface area (Å²) in [5.74, 6) is -0.890. The minimum atomic E-state index is -1.05. The smallest absolute Gasteiger partial charge is 0.335 e. The molecule has 7 nitrogen and oxygen atoms in total. The summed E-state index contributed by atoms with van der Waals surface area (Å²) in [6.45, 7) is 0. The molecule has 2 aromatic rings. The summed E-state index contributed by atoms with van der Waals surface area (Å²) in [5, 5.41) is 17.2. The Kier molecular flexibility index (Phi) is 7.09. The van der Waals surface area contributed by atoms with Crippen molar-refractivity contribution in [3.05, 3.63) is 53.6 Å². The third-order valence-corrected chi connectivity index (χ3v) is 2.93. The number of carbonyl (C=O) groups is 2. The molecule has 128 valence electrons. The van der Waals surface area contributed by atoms with Gasteiger partial charge in [0.25, 0.3) is 0 Å². The van der Waals surface area contributed by atoms with Gasteiger partial charge in [-0.05, 0) is 24.3 Å². The van der Waals surface area contributed by atoms with Gasteiger partial charge >= 0.3 is 11.9 Å². The highest BCUT2D eigenvalue weighted by atomic mass is 16.5. The van der Waals surface area contributed by atoms with Gasteiger partial charge in [-0.2, -0.15) is 0 Å². The molecule has 7 heteroatoms. The molecule has 0 aliphatic carbocycles. The van der Waals surface area contributed by atoms with Crippen molar-refractivity contribution in [2.45, 2.75) is 0 Å². The summed E-state index contributed by atoms with van der Waals surface area (Å²) >= 11 is 0. The highest BCUT2D eigenvalue weighted by Crippen LogP contribution is 2.38. The van der Waals surface area contributed by atoms with Gasteiger partial charge in [0.2, 0.25) is 5.75 Å². The van der Waals surface area contributed by atoms with Crippen molar-refractivity contribution in [2.75, 3.05) is 21.3 Å². The predicted molar refractivity (Wildman–Crippen MR) is 86.5 cm³/mol. The molecule has 0 fully saturated rings. The van der Waals surface area contributed by atoms with E-state index in [1.54, 1.807) is 30.3 Å². The number of aromatic carboxylic acids is 2. The molecule has 2 N–H and O–H groups in total. The number of carboxylic acid groups (broad SMARTS) is 2. The Morgan fingerprint density at radius 1 is 0.750 bits per heavy atom. The fourth-order valence-corrected chi connectivity index (χ4v) is 1.79. The van der Waals surface area contributed by atoms with Crippen LogP contribution in [0.25, 0.3) is 0 Å². The van der Waals surface area contributed by atoms with E-state index in [0.717, 1.165) is 0 Å². The lowest BCUT2D eigenvalue weighted by Gasteiger charge is -2.12. The first-order valence-electron chi connectivity index (χ1n) is 6.76. The number of rotatable bonds is 5. The van der Waals surface area contributed by atoms with Crippen molar-refractivity contribution in [1.29, 1.82) is 0 Å². The zero-order valence-electron chi connectivity index (χ0n) is 13.5. The number of hydrogen-bond acceptors (Lipinski definition) is 5. The molecule has 0 heterocycles. The normalized spacial score (nSPS) is 9.29. The quantitative estimate of drug-likeness (QED) is 0.866. The van der Waals surface area contributed by atoms with Gasteiger partial charge in [0, 0.05) is 0 Å². The van der Waals surface area contributed by atoms with Crippen LogP contribution in [0.15, 0.2) is 42.5 Å². The van der Waals surface area contributed by atoms with E-state index in [1.165, 1.54) is 33.5 Å². The van der Waals surface area contributed by atoms with Crippen LogP contribution in [0.1, 0.15) is 20.7 Å². The fourth-order valence-electron chi connectivity index (χ4n) is 1.79. The highest BCUT2D eigenvalue weighted by molar-refractivity contribution is 5.89. The monoisotopic (exact) mass is 334 g/mol. The molecule has 0 bridgehead atoms. The van der Waals surface area contributed by atoms with Crippen LogP contribution in [0, 0.1) is 0 Å². The summed E-state index contributed by atoms with van der Waals surface area (Å²) in [7, 11) is 4.33. The molecule has 24 heavy (non-hydrogen) atoms. The molecule has 0 atom stereocenters. The van der Waals surface area contributed by atoms with Crippen LogP contribution >= 0.6 is 0 Å². The van der Waals surface area contributed by atoms with Crippen molar-refractivity contribution in [3.63, 3.8) is 0 Å². The summed E-state index contributed by atoms with van der Waals surface area (Å²) < 4.78 is 15.1. The Balaban J connectivity index is 0.000000272. The van der Waals surface area contributed by atoms with Crippen molar-refractivity contribution in [1.82, 2.24) is 0 Å². The van der Waals surface area contributed by atoms with Crippen molar-refractivity contribution >= 4 is 11.9 Å². The number of benzene rings is 2. The molecule has 0 aliphatic heterocycles. The van der Waals surface area contributed by atoms with Crippen LogP contribution in [0.5, 0.6) is 17.2 Å². The molecule has 0 aliphatic rings. The first-order chi connectivity index (χ1) is 11.4. The van der Waals surface area contributed by atoms with Crippen LogP contribution in [0.2, 0.25) is 0 Å². The zero-order valence-corrected chi connectivity index (χ0v) is 13.5. The third-order valence-electron chi connectivity index (χ3n) is 2.93. The van der Waals surface area contributed by atoms with Gasteiger partial charge in [0.05, 0.1) is 32.5 Å². The third kappa shape index (κ3) is 4.91. The molecular weight excluding hydrogens is 316 g/mol. The predicted octanol–water partition coefficient (Wildman–Crippen LogP) is 2.80. The molecule has 0 unspecified atom stereocenters. The van der Waals surface area contributed by atoms with Gasteiger partial charge in [0.1, 0.15) is 0 Å². The molecule has 2 rings (SSSR count). The van der Waals surface area contributed by atoms with Crippen molar-refractivity contribution in [2.24, 2.45) is 0 Å². The fraction of sp³-hybridized carbons (Fsp3) is 0.176. The largest absolute Gasteiger partial charge is 0.493 e. The summed E-state index contributed by atoms with van der Waals surface area (Å²) in [6.07, 6.45) is 0. The van der Waals surface area contributed by atoms with E-state index in [1.807, 2.05) is 0 Å². The van der Waals surface area contributed by atoms with Gasteiger partial charge in [-0.1, -0.05) is 18.2 Å². The van der Waals surface area contributed by atoms with E-state index in [-0.39, 0.29) is 5.56 Å². The van der Waals surface area contributed by atoms with Gasteiger partial charge in [-0.25, -0.2) is 9.59 Å². The molecule has 0 radical (unpaired) electrons. The second-order valence-electron chi connectivity index (χ2n) is 4.39. The summed E-state index contributed by atoms with van der Waals surface area (Å²) in [4.78, 5) is 21.0. The Labute approximate surface area is 139 Å². The molecule has 0 amide bonds. The maximum Gasteiger partial charge on any atom is 0.335 e. The maximum absolute atomic E-state index is 10.8. The number of hydrogen-bond donors (Lipinski definition) is 2. The molecule has 0 spiro atoms. The lowest BCUT2D eigenvalue weighted by molar-refractivity contribution is 0.0685. The van der Waals surface area contributed by atoms with E-state index in [9.17, 15) is 9.59 Å². The Hall–Kier alpha value is -3.22. The number of carboxylic acids is 2. The zero-order chi connectivity index (χ0) is 18.1. The van der Waals surface area contributed by atoms with Gasteiger partial charge in [-0.15, -0.1) is 0 Å². The Morgan fingerprint density at radius 3 is 1.50 bits per heavy atom. The molecule has 0 saturated heterocycles. The number of methoxy groups -OCH3 is 3. The second-order valence-corrected chi connectivity index (χ2v) is 4.39. The van der Waals surface area contributed by atoms with E-state index < -0.39 is 11.9 Å². The Morgan fingerprint density at radius 2 is 1.21 bits per heavy atom. The van der Waals surface area contributed by atoms with Crippen LogP contribution in [0.4, 0.5) is 0 Å². The average Bonchev–Trinajstić information content (AvgIpc) is 2.61. The van der Waals surface area contributed by atoms with Crippen LogP contribution in [-0.2, 0) is 0 Å². The van der Waals surface area contributed by atoms with Crippen molar-refractivity contribution < 1.29 is 34.0 Å². The summed E-state index contributed by atoms with van der Waals surface area (Å²) in [5.41, 5.74) is 0.419. The highest BCUT2D eigenvalue weighted by Gasteiger charge is 2.15. The van der Waals surface area contributed by atoms with E-state index in [0.29, 0.717) is 22.8 Å². The second kappa shape index (κ2) is 9.04. The minimum Gasteiger partial charge on any atom is -0.493 e. The lowest BCUT2D eigenvalue weighted by atomic mass is 10.2. The van der Waals surface area contributed by atoms with Gasteiger partial charge in [-0.3, -0.25) is 0 Å². The first-order valence-corrected chi connectivity index (χ1v) is 6.76. The minimum absolute atomic E-state index is 0.0875. The first kappa shape index (κ1) is 18.8. The lowest BCUT2D eigenvalue weighted by Crippen LogP contribution is -2.01. The summed E-state index contributed by atoms with van der Waals surface area (Å²) in [6, 6.07) is 11.1. The van der Waals surface area contributed by atoms with Gasteiger partial charge in [0.15, 0.2) is 11.5 Å². The standard InChI is InChI=1S/C10H12O5.C7H6O2/c1-13-7-4-6(10(11)12)5-8(14-2)9(7)15-3;8-7(9)6-4-2-1-3-5-6/h4-5H,1-3H3,(H,11,12);1-5H,(H,8,9). The SMILES string of the molecule is COc1cc(C(=O)O)cc(OC)c1OC.O=C(O)c1ccccc1. The average molecular weight is 334 g/mol. The van der Waals surface area contributed by atoms with E-state index in [4.69, 9.17) is 24.4 Å². The maximum atomic E-state index is 10.8. The molecular formula is C17H18O7. The van der Waals surface area contributed by atoms with Crippen LogP contribution < -0.4 is 14.2 Å². The van der Waals surface area contributed by atoms with E-state index in [2.05, 4.69) is 0 Å². The van der Waals surface area contributed by atoms with Gasteiger partial charge < -0.3 is 24.4 Å². The van der Waals surface area contributed by atoms with Crippen LogP contribution in [0.3, 0.4) is 0 Å². The molecule has 2 aromatic carbocycles. The van der Waals surface area contributed by atoms with Crippen LogP contribution in [-0.4, -0.2) is 43.5 Å². The Bertz CT molecular complexity index is 670. The molecule has 0 saturated carbocycles. The van der Waals surface area contributed by atoms with E-state index >= 15 is 0 Å². The number of ether oxygens (including phenoxy) is 3. The van der Waals surface area contributed by atoms with Crippen molar-refractivity contribution in [3.8, 4) is 17.2 Å².